The quantitative estimate of drug-likeness (QED) is 0.672. The van der Waals surface area contributed by atoms with E-state index < -0.39 is 28.5 Å². The molecule has 1 unspecified atom stereocenters. The molecule has 0 saturated heterocycles. The third-order valence-corrected chi connectivity index (χ3v) is 6.07. The fourth-order valence-electron chi connectivity index (χ4n) is 3.44. The Bertz CT molecular complexity index is 1070. The topological polar surface area (TPSA) is 102 Å². The number of nitrogens with zero attached hydrogens (tertiary/aromatic N) is 1. The van der Waals surface area contributed by atoms with Gasteiger partial charge in [0.2, 0.25) is 10.0 Å². The third kappa shape index (κ3) is 4.73. The maximum Gasteiger partial charge on any atom is 0.338 e. The van der Waals surface area contributed by atoms with Crippen LogP contribution in [0.3, 0.4) is 0 Å². The number of esters is 1. The summed E-state index contributed by atoms with van der Waals surface area (Å²) in [7, 11) is -1.80. The van der Waals surface area contributed by atoms with Crippen LogP contribution in [0, 0.1) is 0 Å². The Morgan fingerprint density at radius 3 is 2.63 bits per heavy atom. The van der Waals surface area contributed by atoms with Gasteiger partial charge in [0.1, 0.15) is 5.75 Å². The standard InChI is InChI=1S/C21H24N2O6S/c1-14(17-6-4-5-7-19(17)28-2)22-20(24)13-29-21(25)16-8-9-18-15(12-16)10-11-23(18)30(3,26)27/h4-9,12,14H,10-11,13H2,1-3H3,(H,22,24). The summed E-state index contributed by atoms with van der Waals surface area (Å²) in [6.45, 7) is 1.73. The van der Waals surface area contributed by atoms with Crippen LogP contribution in [-0.2, 0) is 26.0 Å². The lowest BCUT2D eigenvalue weighted by atomic mass is 10.1. The molecule has 9 heteroatoms. The van der Waals surface area contributed by atoms with Crippen molar-refractivity contribution in [2.24, 2.45) is 0 Å². The molecule has 1 amide bonds. The van der Waals surface area contributed by atoms with Gasteiger partial charge in [-0.1, -0.05) is 18.2 Å². The second-order valence-corrected chi connectivity index (χ2v) is 8.94. The van der Waals surface area contributed by atoms with E-state index in [1.54, 1.807) is 25.3 Å². The molecular weight excluding hydrogens is 408 g/mol. The number of carbonyl (C=O) groups excluding carboxylic acids is 2. The molecule has 0 spiro atoms. The van der Waals surface area contributed by atoms with Crippen molar-refractivity contribution in [1.82, 2.24) is 5.32 Å². The van der Waals surface area contributed by atoms with Crippen LogP contribution in [0.1, 0.15) is 34.5 Å². The lowest BCUT2D eigenvalue weighted by Crippen LogP contribution is -2.31. The van der Waals surface area contributed by atoms with Gasteiger partial charge >= 0.3 is 5.97 Å². The minimum absolute atomic E-state index is 0.273. The maximum atomic E-state index is 12.3. The van der Waals surface area contributed by atoms with E-state index in [1.165, 1.54) is 10.4 Å². The highest BCUT2D eigenvalue weighted by Crippen LogP contribution is 2.31. The Hall–Kier alpha value is -3.07. The largest absolute Gasteiger partial charge is 0.496 e. The number of para-hydroxylation sites is 1. The summed E-state index contributed by atoms with van der Waals surface area (Å²) < 4.78 is 35.3. The molecular formula is C21H24N2O6S. The molecule has 30 heavy (non-hydrogen) atoms. The van der Waals surface area contributed by atoms with E-state index >= 15 is 0 Å². The SMILES string of the molecule is COc1ccccc1C(C)NC(=O)COC(=O)c1ccc2c(c1)CCN2S(C)(=O)=O. The number of sulfonamides is 1. The van der Waals surface area contributed by atoms with Crippen LogP contribution in [0.5, 0.6) is 5.75 Å². The van der Waals surface area contributed by atoms with Gasteiger partial charge in [-0.15, -0.1) is 0 Å². The Morgan fingerprint density at radius 1 is 1.20 bits per heavy atom. The van der Waals surface area contributed by atoms with Crippen LogP contribution >= 0.6 is 0 Å². The van der Waals surface area contributed by atoms with E-state index in [9.17, 15) is 18.0 Å². The number of benzene rings is 2. The molecule has 0 radical (unpaired) electrons. The molecule has 2 aromatic rings. The van der Waals surface area contributed by atoms with Crippen LogP contribution in [0.15, 0.2) is 42.5 Å². The van der Waals surface area contributed by atoms with Gasteiger partial charge in [-0.2, -0.15) is 0 Å². The number of ether oxygens (including phenoxy) is 2. The zero-order valence-electron chi connectivity index (χ0n) is 17.0. The van der Waals surface area contributed by atoms with Crippen LogP contribution in [0.4, 0.5) is 5.69 Å². The fourth-order valence-corrected chi connectivity index (χ4v) is 4.40. The van der Waals surface area contributed by atoms with Crippen LogP contribution in [-0.4, -0.2) is 46.8 Å². The minimum atomic E-state index is -3.35. The molecule has 2 aromatic carbocycles. The highest BCUT2D eigenvalue weighted by atomic mass is 32.2. The molecule has 0 aromatic heterocycles. The van der Waals surface area contributed by atoms with Gasteiger partial charge in [-0.25, -0.2) is 13.2 Å². The van der Waals surface area contributed by atoms with E-state index in [4.69, 9.17) is 9.47 Å². The molecule has 0 saturated carbocycles. The maximum absolute atomic E-state index is 12.3. The number of carbonyl (C=O) groups is 2. The first kappa shape index (κ1) is 21.6. The lowest BCUT2D eigenvalue weighted by Gasteiger charge is -2.17. The molecule has 160 valence electrons. The zero-order chi connectivity index (χ0) is 21.9. The van der Waals surface area contributed by atoms with Crippen LogP contribution in [0.2, 0.25) is 0 Å². The number of hydrogen-bond donors (Lipinski definition) is 1. The molecule has 0 aliphatic carbocycles. The van der Waals surface area contributed by atoms with E-state index in [0.717, 1.165) is 17.4 Å². The first-order valence-electron chi connectivity index (χ1n) is 9.40. The number of anilines is 1. The summed E-state index contributed by atoms with van der Waals surface area (Å²) in [5.74, 6) is -0.426. The van der Waals surface area contributed by atoms with E-state index in [0.29, 0.717) is 24.4 Å². The molecule has 1 N–H and O–H groups in total. The third-order valence-electron chi connectivity index (χ3n) is 4.89. The molecule has 0 bridgehead atoms. The van der Waals surface area contributed by atoms with Gasteiger partial charge in [-0.05, 0) is 43.2 Å². The van der Waals surface area contributed by atoms with Crippen LogP contribution < -0.4 is 14.4 Å². The Kier molecular flexibility index (Phi) is 6.31. The first-order valence-corrected chi connectivity index (χ1v) is 11.3. The van der Waals surface area contributed by atoms with E-state index in [-0.39, 0.29) is 11.6 Å². The normalized spacial score (nSPS) is 14.0. The van der Waals surface area contributed by atoms with Gasteiger partial charge in [-0.3, -0.25) is 9.10 Å². The molecule has 0 fully saturated rings. The monoisotopic (exact) mass is 432 g/mol. The summed E-state index contributed by atoms with van der Waals surface area (Å²) in [4.78, 5) is 24.5. The summed E-state index contributed by atoms with van der Waals surface area (Å²) in [5.41, 5.74) is 2.41. The van der Waals surface area contributed by atoms with Crippen LogP contribution in [0.25, 0.3) is 0 Å². The van der Waals surface area contributed by atoms with Crippen molar-refractivity contribution in [3.63, 3.8) is 0 Å². The number of fused-ring (bicyclic) bond motifs is 1. The lowest BCUT2D eigenvalue weighted by molar-refractivity contribution is -0.124. The number of amides is 1. The summed E-state index contributed by atoms with van der Waals surface area (Å²) in [5, 5.41) is 2.77. The molecule has 3 rings (SSSR count). The Labute approximate surface area is 175 Å². The minimum Gasteiger partial charge on any atom is -0.496 e. The summed E-state index contributed by atoms with van der Waals surface area (Å²) >= 11 is 0. The van der Waals surface area contributed by atoms with Crippen molar-refractivity contribution in [2.75, 3.05) is 30.8 Å². The van der Waals surface area contributed by atoms with Gasteiger partial charge in [0.05, 0.1) is 30.7 Å². The average Bonchev–Trinajstić information content (AvgIpc) is 3.15. The van der Waals surface area contributed by atoms with Crippen molar-refractivity contribution in [3.8, 4) is 5.75 Å². The zero-order valence-corrected chi connectivity index (χ0v) is 17.9. The number of hydrogen-bond acceptors (Lipinski definition) is 6. The molecule has 1 atom stereocenters. The number of rotatable bonds is 7. The summed E-state index contributed by atoms with van der Waals surface area (Å²) in [6, 6.07) is 11.7. The van der Waals surface area contributed by atoms with Crippen molar-refractivity contribution >= 4 is 27.6 Å². The Balaban J connectivity index is 1.59. The van der Waals surface area contributed by atoms with Crippen molar-refractivity contribution in [3.05, 3.63) is 59.2 Å². The number of nitrogens with one attached hydrogen (secondary N) is 1. The van der Waals surface area contributed by atoms with Gasteiger partial charge < -0.3 is 14.8 Å². The summed E-state index contributed by atoms with van der Waals surface area (Å²) in [6.07, 6.45) is 1.66. The first-order chi connectivity index (χ1) is 14.2. The highest BCUT2D eigenvalue weighted by Gasteiger charge is 2.27. The molecule has 8 nitrogen and oxygen atoms in total. The van der Waals surface area contributed by atoms with Crippen molar-refractivity contribution < 1.29 is 27.5 Å². The van der Waals surface area contributed by atoms with E-state index in [2.05, 4.69) is 5.32 Å². The smallest absolute Gasteiger partial charge is 0.338 e. The average molecular weight is 432 g/mol. The predicted octanol–water partition coefficient (Wildman–Crippen LogP) is 2.05. The number of methoxy groups -OCH3 is 1. The highest BCUT2D eigenvalue weighted by molar-refractivity contribution is 7.92. The van der Waals surface area contributed by atoms with Crippen molar-refractivity contribution in [1.29, 1.82) is 0 Å². The van der Waals surface area contributed by atoms with Gasteiger partial charge in [0, 0.05) is 12.1 Å². The van der Waals surface area contributed by atoms with Gasteiger partial charge in [0.25, 0.3) is 5.91 Å². The second kappa shape index (κ2) is 8.74. The fraction of sp³-hybridized carbons (Fsp3) is 0.333. The molecule has 1 aliphatic rings. The molecule has 1 heterocycles. The second-order valence-electron chi connectivity index (χ2n) is 7.04. The van der Waals surface area contributed by atoms with E-state index in [1.807, 2.05) is 25.1 Å². The Morgan fingerprint density at radius 2 is 1.93 bits per heavy atom. The predicted molar refractivity (Wildman–Crippen MR) is 112 cm³/mol. The van der Waals surface area contributed by atoms with Crippen molar-refractivity contribution in [2.45, 2.75) is 19.4 Å². The van der Waals surface area contributed by atoms with Gasteiger partial charge in [0.15, 0.2) is 6.61 Å². The molecule has 1 aliphatic heterocycles.